The second-order valence-electron chi connectivity index (χ2n) is 13.6. The van der Waals surface area contributed by atoms with Crippen LogP contribution in [0.25, 0.3) is 38.6 Å². The molecule has 1 aliphatic heterocycles. The van der Waals surface area contributed by atoms with Gasteiger partial charge in [-0.3, -0.25) is 34.2 Å². The molecule has 1 aliphatic carbocycles. The van der Waals surface area contributed by atoms with Crippen molar-refractivity contribution in [1.29, 1.82) is 0 Å². The minimum atomic E-state index is -0.455. The van der Waals surface area contributed by atoms with Crippen molar-refractivity contribution in [2.75, 3.05) is 12.4 Å². The van der Waals surface area contributed by atoms with Crippen LogP contribution in [0, 0.1) is 12.8 Å². The number of rotatable bonds is 7. The number of benzene rings is 2. The zero-order chi connectivity index (χ0) is 36.5. The minimum absolute atomic E-state index is 0.212. The van der Waals surface area contributed by atoms with Gasteiger partial charge in [0.05, 0.1) is 48.0 Å². The number of ether oxygens (including phenoxy) is 1. The minimum Gasteiger partial charge on any atom is -0.496 e. The second-order valence-corrected chi connectivity index (χ2v) is 13.6. The summed E-state index contributed by atoms with van der Waals surface area (Å²) in [6.07, 6.45) is 16.3. The number of imidazole rings is 1. The summed E-state index contributed by atoms with van der Waals surface area (Å²) in [5.74, 6) is 0.870. The molecule has 2 aromatic carbocycles. The number of amides is 3. The molecule has 0 spiro atoms. The van der Waals surface area contributed by atoms with E-state index in [2.05, 4.69) is 53.0 Å². The highest BCUT2D eigenvalue weighted by atomic mass is 16.5. The lowest BCUT2D eigenvalue weighted by Gasteiger charge is -2.21. The highest BCUT2D eigenvalue weighted by Gasteiger charge is 2.30. The van der Waals surface area contributed by atoms with Crippen LogP contribution >= 0.6 is 0 Å². The molecule has 3 amide bonds. The van der Waals surface area contributed by atoms with Crippen LogP contribution in [0.4, 0.5) is 5.82 Å². The Labute approximate surface area is 303 Å². The number of imide groups is 1. The number of hydrogen-bond donors (Lipinski definition) is 3. The molecule has 3 N–H and O–H groups in total. The lowest BCUT2D eigenvalue weighted by atomic mass is 9.89. The van der Waals surface area contributed by atoms with Crippen molar-refractivity contribution in [3.8, 4) is 16.9 Å². The SMILES string of the molecule is COc1cc2[nH]ncc2cc1C(=O)Nc1cnc2cccnn12.Cc1nn(C2CCC(=O)NC2=O)c2cccc(-c3cnn(CC4CCCCC4)c3)c12. The van der Waals surface area contributed by atoms with E-state index in [9.17, 15) is 14.4 Å². The lowest BCUT2D eigenvalue weighted by molar-refractivity contribution is -0.135. The first-order chi connectivity index (χ1) is 25.9. The molecule has 7 aromatic rings. The van der Waals surface area contributed by atoms with E-state index in [-0.39, 0.29) is 17.7 Å². The molecule has 0 bridgehead atoms. The Balaban J connectivity index is 0.000000156. The quantitative estimate of drug-likeness (QED) is 0.177. The molecule has 15 heteroatoms. The maximum atomic E-state index is 12.6. The van der Waals surface area contributed by atoms with Crippen LogP contribution < -0.4 is 15.4 Å². The van der Waals surface area contributed by atoms with E-state index in [0.29, 0.717) is 35.6 Å². The Morgan fingerprint density at radius 3 is 2.72 bits per heavy atom. The molecular weight excluding hydrogens is 674 g/mol. The molecule has 1 atom stereocenters. The third kappa shape index (κ3) is 6.72. The number of methoxy groups -OCH3 is 1. The van der Waals surface area contributed by atoms with E-state index in [1.54, 1.807) is 52.1 Å². The molecule has 53 heavy (non-hydrogen) atoms. The smallest absolute Gasteiger partial charge is 0.260 e. The van der Waals surface area contributed by atoms with Crippen molar-refractivity contribution in [3.63, 3.8) is 0 Å². The Morgan fingerprint density at radius 2 is 1.89 bits per heavy atom. The van der Waals surface area contributed by atoms with Crippen molar-refractivity contribution >= 4 is 51.0 Å². The third-order valence-electron chi connectivity index (χ3n) is 10.1. The van der Waals surface area contributed by atoms with Gasteiger partial charge >= 0.3 is 0 Å². The Bertz CT molecular complexity index is 2470. The number of carbonyl (C=O) groups excluding carboxylic acids is 3. The van der Waals surface area contributed by atoms with Crippen LogP contribution in [0.2, 0.25) is 0 Å². The topological polar surface area (TPSA) is 179 Å². The molecule has 15 nitrogen and oxygen atoms in total. The predicted molar refractivity (Wildman–Crippen MR) is 197 cm³/mol. The number of carbonyl (C=O) groups is 3. The number of aromatic amines is 1. The van der Waals surface area contributed by atoms with Crippen LogP contribution in [0.1, 0.15) is 67.0 Å². The average Bonchev–Trinajstić information content (AvgIpc) is 3.99. The van der Waals surface area contributed by atoms with Gasteiger partial charge in [-0.05, 0) is 61.9 Å². The molecule has 2 aliphatic rings. The van der Waals surface area contributed by atoms with Crippen molar-refractivity contribution in [1.82, 2.24) is 49.7 Å². The number of nitrogens with zero attached hydrogens (tertiary/aromatic N) is 8. The molecule has 6 heterocycles. The zero-order valence-corrected chi connectivity index (χ0v) is 29.5. The van der Waals surface area contributed by atoms with Gasteiger partial charge in [0, 0.05) is 47.8 Å². The van der Waals surface area contributed by atoms with Gasteiger partial charge in [0.15, 0.2) is 11.5 Å². The number of piperidine rings is 1. The predicted octanol–water partition coefficient (Wildman–Crippen LogP) is 5.63. The highest BCUT2D eigenvalue weighted by Crippen LogP contribution is 2.34. The first-order valence-corrected chi connectivity index (χ1v) is 17.8. The van der Waals surface area contributed by atoms with Gasteiger partial charge in [-0.15, -0.1) is 0 Å². The standard InChI is InChI=1S/C23H27N5O2.C15H12N6O2/c1-15-22-18(17-12-24-27(14-17)13-16-6-3-2-4-7-16)8-5-9-19(22)28(26-15)20-10-11-21(29)25-23(20)30;1-23-12-6-11-9(7-17-20-11)5-10(12)15(22)19-14-8-16-13-3-2-4-18-21(13)14/h5,8-9,12,14,16,20H,2-4,6-7,10-11,13H2,1H3,(H,25,29,30);2-8H,1H3,(H,17,20)(H,19,22). The number of aromatic nitrogens is 9. The Morgan fingerprint density at radius 1 is 1.02 bits per heavy atom. The molecular formula is C38H39N11O4. The molecule has 9 rings (SSSR count). The molecule has 1 unspecified atom stereocenters. The fourth-order valence-corrected chi connectivity index (χ4v) is 7.42. The van der Waals surface area contributed by atoms with Crippen LogP contribution in [0.3, 0.4) is 0 Å². The third-order valence-corrected chi connectivity index (χ3v) is 10.1. The maximum absolute atomic E-state index is 12.6. The largest absolute Gasteiger partial charge is 0.496 e. The van der Waals surface area contributed by atoms with E-state index < -0.39 is 6.04 Å². The first kappa shape index (κ1) is 33.7. The summed E-state index contributed by atoms with van der Waals surface area (Å²) >= 11 is 0. The fraction of sp³-hybridized carbons (Fsp3) is 0.316. The van der Waals surface area contributed by atoms with Crippen molar-refractivity contribution < 1.29 is 19.1 Å². The van der Waals surface area contributed by atoms with Gasteiger partial charge in [0.25, 0.3) is 11.8 Å². The van der Waals surface area contributed by atoms with Gasteiger partial charge in [-0.1, -0.05) is 31.4 Å². The van der Waals surface area contributed by atoms with Gasteiger partial charge < -0.3 is 10.1 Å². The zero-order valence-electron chi connectivity index (χ0n) is 29.5. The second kappa shape index (κ2) is 14.3. The number of H-pyrrole nitrogens is 1. The molecule has 2 fully saturated rings. The molecule has 0 radical (unpaired) electrons. The number of hydrogen-bond acceptors (Lipinski definition) is 9. The van der Waals surface area contributed by atoms with E-state index in [1.807, 2.05) is 25.3 Å². The molecule has 5 aromatic heterocycles. The van der Waals surface area contributed by atoms with E-state index in [0.717, 1.165) is 51.1 Å². The summed E-state index contributed by atoms with van der Waals surface area (Å²) in [7, 11) is 1.52. The number of aryl methyl sites for hydroxylation is 1. The van der Waals surface area contributed by atoms with E-state index in [4.69, 9.17) is 9.84 Å². The summed E-state index contributed by atoms with van der Waals surface area (Å²) < 4.78 is 10.7. The summed E-state index contributed by atoms with van der Waals surface area (Å²) in [4.78, 5) is 40.7. The molecule has 1 saturated carbocycles. The van der Waals surface area contributed by atoms with Crippen LogP contribution in [-0.2, 0) is 16.1 Å². The normalized spacial score (nSPS) is 16.5. The number of anilines is 1. The lowest BCUT2D eigenvalue weighted by Crippen LogP contribution is -2.42. The van der Waals surface area contributed by atoms with Gasteiger partial charge in [0.2, 0.25) is 5.91 Å². The van der Waals surface area contributed by atoms with Gasteiger partial charge in [-0.25, -0.2) is 4.98 Å². The summed E-state index contributed by atoms with van der Waals surface area (Å²) in [6.45, 7) is 2.95. The maximum Gasteiger partial charge on any atom is 0.260 e. The summed E-state index contributed by atoms with van der Waals surface area (Å²) in [5, 5.41) is 27.4. The van der Waals surface area contributed by atoms with Crippen molar-refractivity contribution in [3.05, 3.63) is 84.7 Å². The monoisotopic (exact) mass is 713 g/mol. The first-order valence-electron chi connectivity index (χ1n) is 17.8. The fourth-order valence-electron chi connectivity index (χ4n) is 7.42. The highest BCUT2D eigenvalue weighted by molar-refractivity contribution is 6.08. The Kier molecular flexibility index (Phi) is 9.12. The van der Waals surface area contributed by atoms with Crippen LogP contribution in [-0.4, -0.2) is 69.2 Å². The van der Waals surface area contributed by atoms with Crippen molar-refractivity contribution in [2.45, 2.75) is 64.5 Å². The Hall–Kier alpha value is -6.38. The molecule has 1 saturated heterocycles. The van der Waals surface area contributed by atoms with Gasteiger partial charge in [-0.2, -0.15) is 24.9 Å². The van der Waals surface area contributed by atoms with Crippen LogP contribution in [0.15, 0.2) is 73.4 Å². The average molecular weight is 714 g/mol. The van der Waals surface area contributed by atoms with Crippen LogP contribution in [0.5, 0.6) is 5.75 Å². The molecule has 270 valence electrons. The summed E-state index contributed by atoms with van der Waals surface area (Å²) in [5.41, 5.74) is 5.81. The van der Waals surface area contributed by atoms with Crippen molar-refractivity contribution in [2.24, 2.45) is 5.92 Å². The number of fused-ring (bicyclic) bond motifs is 3. The summed E-state index contributed by atoms with van der Waals surface area (Å²) in [6, 6.07) is 12.7. The van der Waals surface area contributed by atoms with Gasteiger partial charge in [0.1, 0.15) is 11.8 Å². The van der Waals surface area contributed by atoms with E-state index in [1.165, 1.54) is 39.2 Å². The van der Waals surface area contributed by atoms with E-state index >= 15 is 0 Å². The number of nitrogens with one attached hydrogen (secondary N) is 3.